The highest BCUT2D eigenvalue weighted by Gasteiger charge is 2.57. The van der Waals surface area contributed by atoms with Crippen LogP contribution in [0.4, 0.5) is 0 Å². The Labute approximate surface area is 468 Å². The van der Waals surface area contributed by atoms with E-state index in [2.05, 4.69) is 71.7 Å². The van der Waals surface area contributed by atoms with Crippen LogP contribution in [0.5, 0.6) is 0 Å². The molecule has 412 valence electrons. The zero-order valence-electron chi connectivity index (χ0n) is 45.3. The van der Waals surface area contributed by atoms with Gasteiger partial charge in [0.25, 0.3) is 0 Å². The summed E-state index contributed by atoms with van der Waals surface area (Å²) in [6.07, 6.45) is 4.91. The number of aryl methyl sites for hydroxylation is 2. The minimum Gasteiger partial charge on any atom is -0.367 e. The number of piperazine rings is 1. The molecule has 20 heteroatoms. The Kier molecular flexibility index (Phi) is 17.2. The lowest BCUT2D eigenvalue weighted by Crippen LogP contribution is -2.59. The molecule has 9 rings (SSSR count). The lowest BCUT2D eigenvalue weighted by Gasteiger charge is -2.43. The molecule has 5 heterocycles. The number of likely N-dealkylation sites (N-methyl/N-ethyl adjacent to an activating group) is 2. The Hall–Kier alpha value is -4.34. The van der Waals surface area contributed by atoms with Crippen LogP contribution in [0.15, 0.2) is 48.5 Å². The molecule has 6 amide bonds. The van der Waals surface area contributed by atoms with Crippen LogP contribution in [0.25, 0.3) is 0 Å². The van der Waals surface area contributed by atoms with Gasteiger partial charge in [-0.15, -0.1) is 23.5 Å². The minimum atomic E-state index is -0.765. The number of benzene rings is 2. The molecule has 5 aliphatic heterocycles. The van der Waals surface area contributed by atoms with Gasteiger partial charge in [-0.1, -0.05) is 101 Å². The molecule has 2 unspecified atom stereocenters. The Balaban J connectivity index is 0.897. The zero-order chi connectivity index (χ0) is 54.4. The number of hydrogen-bond donors (Lipinski definition) is 6. The lowest BCUT2D eigenvalue weighted by atomic mass is 9.77. The summed E-state index contributed by atoms with van der Waals surface area (Å²) >= 11 is 14.7. The molecular weight excluding hydrogens is 1040 g/mol. The van der Waals surface area contributed by atoms with Crippen LogP contribution in [0, 0.1) is 22.7 Å². The number of hydrogen-bond acceptors (Lipinski definition) is 12. The number of thioether (sulfide) groups is 2. The smallest absolute Gasteiger partial charge is 0.246 e. The first kappa shape index (κ1) is 56.4. The van der Waals surface area contributed by atoms with Gasteiger partial charge in [0.15, 0.2) is 0 Å². The molecule has 2 aromatic carbocycles. The summed E-state index contributed by atoms with van der Waals surface area (Å²) in [7, 11) is 3.65. The topological polar surface area (TPSA) is 188 Å². The van der Waals surface area contributed by atoms with Crippen molar-refractivity contribution < 1.29 is 28.8 Å². The molecule has 5 saturated heterocycles. The van der Waals surface area contributed by atoms with Crippen molar-refractivity contribution in [1.29, 1.82) is 0 Å². The summed E-state index contributed by atoms with van der Waals surface area (Å²) in [6.45, 7) is 13.4. The zero-order valence-corrected chi connectivity index (χ0v) is 48.6. The van der Waals surface area contributed by atoms with E-state index in [9.17, 15) is 19.2 Å². The van der Waals surface area contributed by atoms with Crippen molar-refractivity contribution >= 4 is 93.4 Å². The normalized spacial score (nSPS) is 30.5. The number of amides is 6. The van der Waals surface area contributed by atoms with Crippen molar-refractivity contribution in [2.75, 3.05) is 51.8 Å². The van der Waals surface area contributed by atoms with E-state index in [-0.39, 0.29) is 58.3 Å². The Bertz CT molecular complexity index is 2420. The monoisotopic (exact) mass is 1110 g/mol. The Morgan fingerprint density at radius 2 is 0.947 bits per heavy atom. The van der Waals surface area contributed by atoms with Crippen molar-refractivity contribution in [3.8, 4) is 0 Å². The van der Waals surface area contributed by atoms with Crippen molar-refractivity contribution in [1.82, 2.24) is 51.5 Å². The maximum absolute atomic E-state index is 15.0. The first-order valence-corrected chi connectivity index (χ1v) is 30.3. The molecule has 76 heavy (non-hydrogen) atoms. The van der Waals surface area contributed by atoms with Gasteiger partial charge in [-0.3, -0.25) is 28.8 Å². The van der Waals surface area contributed by atoms with Crippen molar-refractivity contribution in [3.05, 3.63) is 70.8 Å². The number of nitrogens with zero attached hydrogens (tertiary/aromatic N) is 4. The number of carbonyl (C=O) groups excluding carboxylic acids is 6. The van der Waals surface area contributed by atoms with Gasteiger partial charge in [0.2, 0.25) is 35.4 Å². The molecular formula is C56H78N10O6S4. The molecule has 16 nitrogen and oxygen atoms in total. The summed E-state index contributed by atoms with van der Waals surface area (Å²) in [4.78, 5) is 97.3. The van der Waals surface area contributed by atoms with Crippen molar-refractivity contribution in [2.24, 2.45) is 22.7 Å². The van der Waals surface area contributed by atoms with Gasteiger partial charge in [0.05, 0.1) is 56.7 Å². The van der Waals surface area contributed by atoms with Crippen molar-refractivity contribution in [3.63, 3.8) is 0 Å². The summed E-state index contributed by atoms with van der Waals surface area (Å²) in [6, 6.07) is 11.8. The largest absolute Gasteiger partial charge is 0.367 e. The SMILES string of the molecule is CN[C@@H](C)C(=S)N[C@H]1CCSC2CC(C)(C)[C@@H](C(=O)N[C@@H]3c4ccccc4CC[C@H]3C(=O)N3CCN(C(=O)[C@H]4CCc5ccccc5[C@@H]4NC(=O)[C@@H]4N5C(=O)[C@@H](NC(=S)[C@@H](C)NC)CCSC5CC4(C)C)CC3)N2C1=O. The molecule has 7 aliphatic rings. The van der Waals surface area contributed by atoms with E-state index in [0.29, 0.717) is 87.5 Å². The van der Waals surface area contributed by atoms with E-state index in [4.69, 9.17) is 24.4 Å². The van der Waals surface area contributed by atoms with Crippen molar-refractivity contribution in [2.45, 2.75) is 152 Å². The Morgan fingerprint density at radius 1 is 0.579 bits per heavy atom. The molecule has 0 radical (unpaired) electrons. The van der Waals surface area contributed by atoms with Crippen LogP contribution in [-0.4, -0.2) is 164 Å². The first-order valence-electron chi connectivity index (χ1n) is 27.4. The highest BCUT2D eigenvalue weighted by Crippen LogP contribution is 2.49. The van der Waals surface area contributed by atoms with Crippen LogP contribution in [0.2, 0.25) is 0 Å². The fourth-order valence-corrected chi connectivity index (χ4v) is 16.7. The van der Waals surface area contributed by atoms with Crippen LogP contribution in [0.1, 0.15) is 114 Å². The maximum atomic E-state index is 15.0. The average molecular weight is 1120 g/mol. The van der Waals surface area contributed by atoms with Gasteiger partial charge in [0, 0.05) is 26.2 Å². The minimum absolute atomic E-state index is 0.0699. The molecule has 0 bridgehead atoms. The Morgan fingerprint density at radius 3 is 1.32 bits per heavy atom. The quantitative estimate of drug-likeness (QED) is 0.164. The summed E-state index contributed by atoms with van der Waals surface area (Å²) in [5.41, 5.74) is 2.89. The average Bonchev–Trinajstić information content (AvgIpc) is 3.73. The fraction of sp³-hybridized carbons (Fsp3) is 0.643. The molecule has 5 fully saturated rings. The molecule has 2 aromatic rings. The molecule has 0 saturated carbocycles. The van der Waals surface area contributed by atoms with E-state index in [0.717, 1.165) is 33.8 Å². The molecule has 2 aliphatic carbocycles. The number of fused-ring (bicyclic) bond motifs is 4. The number of rotatable bonds is 12. The number of carbonyl (C=O) groups is 6. The third-order valence-corrected chi connectivity index (χ3v) is 21.0. The van der Waals surface area contributed by atoms with Gasteiger partial charge >= 0.3 is 0 Å². The van der Waals surface area contributed by atoms with E-state index in [1.807, 2.05) is 74.1 Å². The number of thiocarbonyl (C=S) groups is 2. The summed E-state index contributed by atoms with van der Waals surface area (Å²) in [5.74, 6) is -0.583. The van der Waals surface area contributed by atoms with E-state index in [1.54, 1.807) is 33.3 Å². The van der Waals surface area contributed by atoms with Crippen LogP contribution < -0.4 is 31.9 Å². The standard InChI is InChI=1S/C56H78N10O6S4/c1-31(57-7)49(73)59-39-21-27-75-41-29-55(3,4)45(65(41)53(39)71)47(67)61-43-35-15-11-9-13-33(35)17-19-37(43)51(69)63-23-25-64(26-24-63)52(70)38-20-18-34-14-10-12-16-36(34)44(38)62-48(68)46-56(5,6)30-42-66(46)54(72)40(22-28-76-42)60-50(74)32(2)58-8/h9-16,31-32,37-46,57-58H,17-30H2,1-8H3,(H,59,73)(H,60,74)(H,61,67)(H,62,68)/t31-,32+,37+,38-,39-,40-,41?,42?,43+,44-,45+,46-/m0/s1. The maximum Gasteiger partial charge on any atom is 0.246 e. The van der Waals surface area contributed by atoms with Gasteiger partial charge in [0.1, 0.15) is 24.2 Å². The second-order valence-corrected chi connectivity index (χ2v) is 26.8. The highest BCUT2D eigenvalue weighted by atomic mass is 32.2. The van der Waals surface area contributed by atoms with Gasteiger partial charge in [-0.2, -0.15) is 0 Å². The van der Waals surface area contributed by atoms with E-state index >= 15 is 9.59 Å². The summed E-state index contributed by atoms with van der Waals surface area (Å²) < 4.78 is 0. The van der Waals surface area contributed by atoms with E-state index in [1.165, 1.54) is 0 Å². The van der Waals surface area contributed by atoms with Crippen LogP contribution >= 0.6 is 48.0 Å². The molecule has 12 atom stereocenters. The highest BCUT2D eigenvalue weighted by molar-refractivity contribution is 8.00. The number of nitrogens with one attached hydrogen (secondary N) is 6. The fourth-order valence-electron chi connectivity index (χ4n) is 13.0. The second kappa shape index (κ2) is 23.2. The van der Waals surface area contributed by atoms with Gasteiger partial charge < -0.3 is 51.5 Å². The third kappa shape index (κ3) is 11.1. The predicted octanol–water partition coefficient (Wildman–Crippen LogP) is 4.46. The lowest BCUT2D eigenvalue weighted by molar-refractivity contribution is -0.147. The van der Waals surface area contributed by atoms with Crippen LogP contribution in [0.3, 0.4) is 0 Å². The predicted molar refractivity (Wildman–Crippen MR) is 307 cm³/mol. The van der Waals surface area contributed by atoms with Gasteiger partial charge in [-0.25, -0.2) is 0 Å². The molecule has 0 spiro atoms. The molecule has 0 aromatic heterocycles. The molecule has 6 N–H and O–H groups in total. The first-order chi connectivity index (χ1) is 36.2. The second-order valence-electron chi connectivity index (χ2n) is 23.4. The van der Waals surface area contributed by atoms with Gasteiger partial charge in [-0.05, 0) is 124 Å². The van der Waals surface area contributed by atoms with Crippen LogP contribution in [-0.2, 0) is 41.6 Å². The third-order valence-electron chi connectivity index (χ3n) is 17.5. The van der Waals surface area contributed by atoms with E-state index < -0.39 is 58.9 Å². The summed E-state index contributed by atoms with van der Waals surface area (Å²) in [5, 5.41) is 19.3.